The van der Waals surface area contributed by atoms with E-state index in [0.717, 1.165) is 6.07 Å². The third kappa shape index (κ3) is 4.19. The van der Waals surface area contributed by atoms with E-state index in [9.17, 15) is 13.2 Å². The van der Waals surface area contributed by atoms with Crippen LogP contribution < -0.4 is 10.5 Å². The summed E-state index contributed by atoms with van der Waals surface area (Å²) in [7, 11) is -2.40. The van der Waals surface area contributed by atoms with Gasteiger partial charge in [-0.05, 0) is 25.1 Å². The summed E-state index contributed by atoms with van der Waals surface area (Å²) >= 11 is 0. The topological polar surface area (TPSA) is 119 Å². The molecular formula is C11H16N2O5S. The lowest BCUT2D eigenvalue weighted by Crippen LogP contribution is -2.22. The van der Waals surface area contributed by atoms with Crippen molar-refractivity contribution in [2.75, 3.05) is 19.0 Å². The van der Waals surface area contributed by atoms with E-state index in [1.54, 1.807) is 0 Å². The van der Waals surface area contributed by atoms with Gasteiger partial charge in [-0.1, -0.05) is 0 Å². The van der Waals surface area contributed by atoms with Gasteiger partial charge in [-0.15, -0.1) is 0 Å². The number of hydrogen-bond donors (Lipinski definition) is 3. The van der Waals surface area contributed by atoms with Crippen molar-refractivity contribution in [1.82, 2.24) is 0 Å². The Labute approximate surface area is 111 Å². The summed E-state index contributed by atoms with van der Waals surface area (Å²) in [6.45, 7) is 2.19. The molecule has 7 nitrogen and oxygen atoms in total. The number of nitrogens with one attached hydrogen (secondary N) is 1. The third-order valence-corrected chi connectivity index (χ3v) is 3.28. The molecule has 0 aliphatic heterocycles. The highest BCUT2D eigenvalue weighted by atomic mass is 32.2. The summed E-state index contributed by atoms with van der Waals surface area (Å²) < 4.78 is 27.3. The number of primary sulfonamides is 1. The number of benzene rings is 1. The lowest BCUT2D eigenvalue weighted by molar-refractivity contribution is 0.0697. The molecular weight excluding hydrogens is 272 g/mol. The van der Waals surface area contributed by atoms with Crippen LogP contribution in [0, 0.1) is 0 Å². The number of carboxylic acid groups (broad SMARTS) is 1. The van der Waals surface area contributed by atoms with Gasteiger partial charge in [0.2, 0.25) is 10.0 Å². The van der Waals surface area contributed by atoms with Gasteiger partial charge in [-0.3, -0.25) is 0 Å². The molecule has 0 saturated carbocycles. The highest BCUT2D eigenvalue weighted by Gasteiger charge is 2.17. The molecule has 0 aromatic heterocycles. The molecule has 1 aromatic carbocycles. The Balaban J connectivity index is 3.16. The fraction of sp³-hybridized carbons (Fsp3) is 0.364. The van der Waals surface area contributed by atoms with Gasteiger partial charge >= 0.3 is 5.97 Å². The molecule has 0 aliphatic rings. The number of carbonyl (C=O) groups is 1. The van der Waals surface area contributed by atoms with Crippen molar-refractivity contribution in [3.8, 4) is 0 Å². The van der Waals surface area contributed by atoms with E-state index in [4.69, 9.17) is 15.0 Å². The zero-order valence-corrected chi connectivity index (χ0v) is 11.4. The van der Waals surface area contributed by atoms with Crippen molar-refractivity contribution in [3.63, 3.8) is 0 Å². The molecule has 0 unspecified atom stereocenters. The van der Waals surface area contributed by atoms with Crippen LogP contribution in [0.15, 0.2) is 23.1 Å². The number of rotatable bonds is 6. The monoisotopic (exact) mass is 288 g/mol. The number of hydrogen-bond acceptors (Lipinski definition) is 5. The summed E-state index contributed by atoms with van der Waals surface area (Å²) in [5, 5.41) is 17.0. The maximum Gasteiger partial charge on any atom is 0.337 e. The second-order valence-electron chi connectivity index (χ2n) is 4.06. The minimum absolute atomic E-state index is 0.122. The number of aromatic carboxylic acids is 1. The minimum Gasteiger partial charge on any atom is -0.478 e. The molecule has 0 fully saturated rings. The number of anilines is 1. The maximum atomic E-state index is 11.2. The molecule has 19 heavy (non-hydrogen) atoms. The number of nitrogens with two attached hydrogens (primary N) is 1. The van der Waals surface area contributed by atoms with E-state index >= 15 is 0 Å². The Bertz CT molecular complexity index is 570. The average Bonchev–Trinajstić information content (AvgIpc) is 2.27. The molecule has 0 aliphatic carbocycles. The Hall–Kier alpha value is -1.64. The van der Waals surface area contributed by atoms with Crippen LogP contribution in [0.3, 0.4) is 0 Å². The Morgan fingerprint density at radius 1 is 1.53 bits per heavy atom. The van der Waals surface area contributed by atoms with Gasteiger partial charge in [0, 0.05) is 18.8 Å². The van der Waals surface area contributed by atoms with Crippen molar-refractivity contribution in [2.24, 2.45) is 5.14 Å². The Kier molecular flexibility index (Phi) is 4.87. The van der Waals surface area contributed by atoms with Crippen molar-refractivity contribution >= 4 is 21.7 Å². The zero-order chi connectivity index (χ0) is 14.6. The summed E-state index contributed by atoms with van der Waals surface area (Å²) in [6.07, 6.45) is 0. The molecule has 106 valence electrons. The van der Waals surface area contributed by atoms with Crippen LogP contribution in [0.5, 0.6) is 0 Å². The largest absolute Gasteiger partial charge is 0.478 e. The molecule has 0 heterocycles. The lowest BCUT2D eigenvalue weighted by Gasteiger charge is -2.16. The normalized spacial score (nSPS) is 13.0. The Morgan fingerprint density at radius 2 is 2.16 bits per heavy atom. The number of sulfonamides is 1. The number of methoxy groups -OCH3 is 1. The second kappa shape index (κ2) is 6.00. The molecule has 0 radical (unpaired) electrons. The van der Waals surface area contributed by atoms with Crippen LogP contribution >= 0.6 is 0 Å². The first-order valence-corrected chi connectivity index (χ1v) is 6.96. The second-order valence-corrected chi connectivity index (χ2v) is 5.62. The summed E-state index contributed by atoms with van der Waals surface area (Å²) in [4.78, 5) is 10.9. The number of carboxylic acids is 1. The molecule has 1 atom stereocenters. The van der Waals surface area contributed by atoms with Crippen LogP contribution in [-0.4, -0.2) is 39.3 Å². The molecule has 8 heteroatoms. The van der Waals surface area contributed by atoms with Gasteiger partial charge in [0.25, 0.3) is 0 Å². The van der Waals surface area contributed by atoms with Crippen LogP contribution in [0.25, 0.3) is 0 Å². The lowest BCUT2D eigenvalue weighted by atomic mass is 10.1. The molecule has 0 spiro atoms. The first kappa shape index (κ1) is 15.4. The zero-order valence-electron chi connectivity index (χ0n) is 10.6. The fourth-order valence-electron chi connectivity index (χ4n) is 1.56. The van der Waals surface area contributed by atoms with Crippen molar-refractivity contribution in [3.05, 3.63) is 23.8 Å². The Morgan fingerprint density at radius 3 is 2.63 bits per heavy atom. The van der Waals surface area contributed by atoms with E-state index in [1.807, 2.05) is 6.92 Å². The highest BCUT2D eigenvalue weighted by Crippen LogP contribution is 2.20. The van der Waals surface area contributed by atoms with Gasteiger partial charge < -0.3 is 15.2 Å². The van der Waals surface area contributed by atoms with Crippen LogP contribution in [0.2, 0.25) is 0 Å². The van der Waals surface area contributed by atoms with Gasteiger partial charge in [0.05, 0.1) is 17.1 Å². The van der Waals surface area contributed by atoms with E-state index in [-0.39, 0.29) is 16.5 Å². The van der Waals surface area contributed by atoms with Gasteiger partial charge in [0.15, 0.2) is 0 Å². The highest BCUT2D eigenvalue weighted by molar-refractivity contribution is 7.89. The van der Waals surface area contributed by atoms with Crippen molar-refractivity contribution < 1.29 is 23.1 Å². The summed E-state index contributed by atoms with van der Waals surface area (Å²) in [5.41, 5.74) is 0.152. The molecule has 0 bridgehead atoms. The quantitative estimate of drug-likeness (QED) is 0.700. The minimum atomic E-state index is -3.93. The van der Waals surface area contributed by atoms with E-state index in [1.165, 1.54) is 19.2 Å². The predicted molar refractivity (Wildman–Crippen MR) is 69.7 cm³/mol. The van der Waals surface area contributed by atoms with Gasteiger partial charge in [0.1, 0.15) is 0 Å². The van der Waals surface area contributed by atoms with E-state index < -0.39 is 16.0 Å². The standard InChI is InChI=1S/C11H16N2O5S/c1-7(6-18-2)13-10-4-3-8(19(12,16)17)5-9(10)11(14)15/h3-5,7,13H,6H2,1-2H3,(H,14,15)(H2,12,16,17)/t7-/m0/s1. The maximum absolute atomic E-state index is 11.2. The first-order valence-electron chi connectivity index (χ1n) is 5.41. The molecule has 1 aromatic rings. The van der Waals surface area contributed by atoms with Crippen LogP contribution in [0.1, 0.15) is 17.3 Å². The van der Waals surface area contributed by atoms with E-state index in [2.05, 4.69) is 5.32 Å². The molecule has 0 saturated heterocycles. The summed E-state index contributed by atoms with van der Waals surface area (Å²) in [5.74, 6) is -1.24. The van der Waals surface area contributed by atoms with Crippen molar-refractivity contribution in [2.45, 2.75) is 17.9 Å². The SMILES string of the molecule is COC[C@H](C)Nc1ccc(S(N)(=O)=O)cc1C(=O)O. The van der Waals surface area contributed by atoms with Gasteiger partial charge in [-0.25, -0.2) is 18.4 Å². The molecule has 4 N–H and O–H groups in total. The third-order valence-electron chi connectivity index (χ3n) is 2.37. The van der Waals surface area contributed by atoms with E-state index in [0.29, 0.717) is 12.3 Å². The predicted octanol–water partition coefficient (Wildman–Crippen LogP) is 0.479. The van der Waals surface area contributed by atoms with Crippen LogP contribution in [-0.2, 0) is 14.8 Å². The molecule has 1 rings (SSSR count). The first-order chi connectivity index (χ1) is 8.75. The molecule has 0 amide bonds. The van der Waals surface area contributed by atoms with Gasteiger partial charge in [-0.2, -0.15) is 0 Å². The van der Waals surface area contributed by atoms with Crippen molar-refractivity contribution in [1.29, 1.82) is 0 Å². The fourth-order valence-corrected chi connectivity index (χ4v) is 2.10. The number of ether oxygens (including phenoxy) is 1. The van der Waals surface area contributed by atoms with Crippen LogP contribution in [0.4, 0.5) is 5.69 Å². The average molecular weight is 288 g/mol. The smallest absolute Gasteiger partial charge is 0.337 e. The summed E-state index contributed by atoms with van der Waals surface area (Å²) in [6, 6.07) is 3.53.